The van der Waals surface area contributed by atoms with Crippen molar-refractivity contribution in [3.8, 4) is 5.75 Å². The number of carbonyl (C=O) groups is 3. The normalized spacial score (nSPS) is 14.5. The van der Waals surface area contributed by atoms with Gasteiger partial charge in [-0.2, -0.15) is 0 Å². The molecule has 0 saturated carbocycles. The zero-order valence-electron chi connectivity index (χ0n) is 24.1. The summed E-state index contributed by atoms with van der Waals surface area (Å²) in [4.78, 5) is 43.0. The summed E-state index contributed by atoms with van der Waals surface area (Å²) in [6, 6.07) is 8.19. The van der Waals surface area contributed by atoms with Crippen molar-refractivity contribution in [2.24, 2.45) is 5.92 Å². The third-order valence-corrected chi connectivity index (χ3v) is 6.42. The van der Waals surface area contributed by atoms with Gasteiger partial charge in [0.2, 0.25) is 11.9 Å². The lowest BCUT2D eigenvalue weighted by Crippen LogP contribution is -2.57. The summed E-state index contributed by atoms with van der Waals surface area (Å²) in [5, 5.41) is 15.4. The molecule has 0 unspecified atom stereocenters. The number of hydrogen-bond acceptors (Lipinski definition) is 8. The van der Waals surface area contributed by atoms with Gasteiger partial charge >= 0.3 is 12.1 Å². The SMILES string of the molecule is CC[C@H](C)[C@H](NC(=O)OC(C)(C)C)C(=O)N[C@H](C(=O)Oc1ccc2nc(N)n(Cc3ccc(F)cc3)c2c1)[C@@H](C)O. The van der Waals surface area contributed by atoms with Gasteiger partial charge in [-0.05, 0) is 63.4 Å². The van der Waals surface area contributed by atoms with Gasteiger partial charge in [-0.25, -0.2) is 19.0 Å². The van der Waals surface area contributed by atoms with Gasteiger partial charge < -0.3 is 35.5 Å². The molecule has 11 nitrogen and oxygen atoms in total. The Labute approximate surface area is 238 Å². The maximum absolute atomic E-state index is 13.3. The lowest BCUT2D eigenvalue weighted by molar-refractivity contribution is -0.142. The molecule has 3 aromatic rings. The zero-order valence-corrected chi connectivity index (χ0v) is 24.1. The lowest BCUT2D eigenvalue weighted by Gasteiger charge is -2.28. The predicted octanol–water partition coefficient (Wildman–Crippen LogP) is 3.52. The Bertz CT molecular complexity index is 1380. The maximum atomic E-state index is 13.3. The monoisotopic (exact) mass is 571 g/mol. The molecular weight excluding hydrogens is 533 g/mol. The molecule has 41 heavy (non-hydrogen) atoms. The van der Waals surface area contributed by atoms with Crippen molar-refractivity contribution >= 4 is 35.0 Å². The second kappa shape index (κ2) is 13.0. The van der Waals surface area contributed by atoms with Crippen LogP contribution in [0.25, 0.3) is 11.0 Å². The van der Waals surface area contributed by atoms with E-state index in [0.29, 0.717) is 24.0 Å². The highest BCUT2D eigenvalue weighted by molar-refractivity contribution is 5.91. The Hall–Kier alpha value is -4.19. The number of hydrogen-bond donors (Lipinski definition) is 4. The minimum absolute atomic E-state index is 0.132. The number of fused-ring (bicyclic) bond motifs is 1. The molecule has 4 atom stereocenters. The molecule has 0 fully saturated rings. The minimum Gasteiger partial charge on any atom is -0.444 e. The largest absolute Gasteiger partial charge is 0.444 e. The minimum atomic E-state index is -1.43. The van der Waals surface area contributed by atoms with Crippen LogP contribution in [0.2, 0.25) is 0 Å². The quantitative estimate of drug-likeness (QED) is 0.213. The van der Waals surface area contributed by atoms with Crippen LogP contribution in [0.15, 0.2) is 42.5 Å². The van der Waals surface area contributed by atoms with Crippen LogP contribution >= 0.6 is 0 Å². The van der Waals surface area contributed by atoms with E-state index in [2.05, 4.69) is 15.6 Å². The molecule has 0 saturated heterocycles. The fourth-order valence-corrected chi connectivity index (χ4v) is 4.06. The van der Waals surface area contributed by atoms with Crippen molar-refractivity contribution < 1.29 is 33.4 Å². The summed E-state index contributed by atoms with van der Waals surface area (Å²) in [7, 11) is 0. The molecule has 0 spiro atoms. The Morgan fingerprint density at radius 1 is 1.07 bits per heavy atom. The van der Waals surface area contributed by atoms with E-state index in [4.69, 9.17) is 15.2 Å². The summed E-state index contributed by atoms with van der Waals surface area (Å²) < 4.78 is 25.8. The average molecular weight is 572 g/mol. The number of nitrogen functional groups attached to an aromatic ring is 1. The molecule has 0 bridgehead atoms. The van der Waals surface area contributed by atoms with E-state index in [0.717, 1.165) is 5.56 Å². The highest BCUT2D eigenvalue weighted by Gasteiger charge is 2.34. The number of carbonyl (C=O) groups excluding carboxylic acids is 3. The Morgan fingerprint density at radius 2 is 1.73 bits per heavy atom. The number of aliphatic hydroxyl groups excluding tert-OH is 1. The highest BCUT2D eigenvalue weighted by Crippen LogP contribution is 2.25. The Morgan fingerprint density at radius 3 is 2.32 bits per heavy atom. The third-order valence-electron chi connectivity index (χ3n) is 6.42. The fraction of sp³-hybridized carbons (Fsp3) is 0.448. The number of rotatable bonds is 10. The number of amides is 2. The van der Waals surface area contributed by atoms with E-state index in [-0.39, 0.29) is 23.4 Å². The van der Waals surface area contributed by atoms with Gasteiger partial charge in [0.05, 0.1) is 23.7 Å². The van der Waals surface area contributed by atoms with Crippen molar-refractivity contribution in [2.75, 3.05) is 5.73 Å². The van der Waals surface area contributed by atoms with Crippen LogP contribution in [0.4, 0.5) is 15.1 Å². The van der Waals surface area contributed by atoms with Crippen molar-refractivity contribution in [1.82, 2.24) is 20.2 Å². The third kappa shape index (κ3) is 8.40. The molecule has 12 heteroatoms. The van der Waals surface area contributed by atoms with Crippen LogP contribution in [0.5, 0.6) is 5.75 Å². The number of nitrogens with two attached hydrogens (primary N) is 1. The van der Waals surface area contributed by atoms with Crippen molar-refractivity contribution in [3.63, 3.8) is 0 Å². The number of nitrogens with one attached hydrogen (secondary N) is 2. The highest BCUT2D eigenvalue weighted by atomic mass is 19.1. The van der Waals surface area contributed by atoms with Gasteiger partial charge in [0.25, 0.3) is 0 Å². The number of anilines is 1. The number of ether oxygens (including phenoxy) is 2. The van der Waals surface area contributed by atoms with Crippen LogP contribution in [0.1, 0.15) is 53.5 Å². The molecule has 3 rings (SSSR count). The molecule has 0 aliphatic heterocycles. The number of nitrogens with zero attached hydrogens (tertiary/aromatic N) is 2. The van der Waals surface area contributed by atoms with E-state index >= 15 is 0 Å². The summed E-state index contributed by atoms with van der Waals surface area (Å²) in [6.45, 7) is 10.4. The van der Waals surface area contributed by atoms with Crippen molar-refractivity contribution in [3.05, 3.63) is 53.8 Å². The summed E-state index contributed by atoms with van der Waals surface area (Å²) >= 11 is 0. The predicted molar refractivity (Wildman–Crippen MR) is 152 cm³/mol. The lowest BCUT2D eigenvalue weighted by atomic mass is 9.98. The summed E-state index contributed by atoms with van der Waals surface area (Å²) in [5.74, 6) is -1.90. The summed E-state index contributed by atoms with van der Waals surface area (Å²) in [5.41, 5.74) is 7.24. The molecule has 5 N–H and O–H groups in total. The Balaban J connectivity index is 1.78. The van der Waals surface area contributed by atoms with Crippen LogP contribution < -0.4 is 21.1 Å². The smallest absolute Gasteiger partial charge is 0.408 e. The van der Waals surface area contributed by atoms with Gasteiger partial charge in [0, 0.05) is 6.07 Å². The first-order valence-corrected chi connectivity index (χ1v) is 13.4. The molecule has 0 radical (unpaired) electrons. The van der Waals surface area contributed by atoms with Crippen molar-refractivity contribution in [1.29, 1.82) is 0 Å². The topological polar surface area (TPSA) is 158 Å². The fourth-order valence-electron chi connectivity index (χ4n) is 4.06. The van der Waals surface area contributed by atoms with Gasteiger partial charge in [-0.1, -0.05) is 32.4 Å². The molecule has 0 aliphatic carbocycles. The standard InChI is InChI=1S/C29H38FN5O6/c1-7-16(2)23(34-28(39)41-29(4,5)6)25(37)33-24(17(3)36)26(38)40-20-12-13-21-22(14-20)35(27(31)32-21)15-18-8-10-19(30)11-9-18/h8-14,16-17,23-24,36H,7,15H2,1-6H3,(H2,31,32)(H,33,37)(H,34,39)/t16-,17+,23-,24-/m0/s1. The molecule has 2 aromatic carbocycles. The number of aliphatic hydroxyl groups is 1. The first kappa shape index (κ1) is 31.3. The number of benzene rings is 2. The van der Waals surface area contributed by atoms with E-state index in [1.807, 2.05) is 6.92 Å². The maximum Gasteiger partial charge on any atom is 0.408 e. The van der Waals surface area contributed by atoms with Crippen molar-refractivity contribution in [2.45, 2.75) is 78.3 Å². The van der Waals surface area contributed by atoms with Gasteiger partial charge in [-0.3, -0.25) is 4.79 Å². The van der Waals surface area contributed by atoms with E-state index in [1.165, 1.54) is 25.1 Å². The molecule has 2 amide bonds. The molecule has 0 aliphatic rings. The number of alkyl carbamates (subject to hydrolysis) is 1. The molecular formula is C29H38FN5O6. The van der Waals surface area contributed by atoms with E-state index in [9.17, 15) is 23.9 Å². The van der Waals surface area contributed by atoms with Gasteiger partial charge in [-0.15, -0.1) is 0 Å². The Kier molecular flexibility index (Phi) is 9.92. The molecule has 222 valence electrons. The first-order valence-electron chi connectivity index (χ1n) is 13.4. The van der Waals surface area contributed by atoms with E-state index < -0.39 is 41.8 Å². The second-order valence-corrected chi connectivity index (χ2v) is 11.0. The van der Waals surface area contributed by atoms with Gasteiger partial charge in [0.15, 0.2) is 6.04 Å². The first-order chi connectivity index (χ1) is 19.2. The molecule has 1 aromatic heterocycles. The van der Waals surface area contributed by atoms with Crippen LogP contribution in [0, 0.1) is 11.7 Å². The van der Waals surface area contributed by atoms with Crippen LogP contribution in [-0.4, -0.2) is 56.4 Å². The summed E-state index contributed by atoms with van der Waals surface area (Å²) in [6.07, 6.45) is -1.54. The number of halogens is 1. The molecule has 1 heterocycles. The van der Waals surface area contributed by atoms with Gasteiger partial charge in [0.1, 0.15) is 23.2 Å². The average Bonchev–Trinajstić information content (AvgIpc) is 3.19. The van der Waals surface area contributed by atoms with E-state index in [1.54, 1.807) is 56.5 Å². The zero-order chi connectivity index (χ0) is 30.5. The number of esters is 1. The van der Waals surface area contributed by atoms with Crippen LogP contribution in [-0.2, 0) is 20.9 Å². The van der Waals surface area contributed by atoms with Crippen LogP contribution in [0.3, 0.4) is 0 Å². The second-order valence-electron chi connectivity index (χ2n) is 11.0. The number of aromatic nitrogens is 2. The number of imidazole rings is 1.